The highest BCUT2D eigenvalue weighted by atomic mass is 32.1. The van der Waals surface area contributed by atoms with Crippen molar-refractivity contribution < 1.29 is 0 Å². The van der Waals surface area contributed by atoms with Crippen LogP contribution in [-0.4, -0.2) is 0 Å². The Bertz CT molecular complexity index is 7470. The van der Waals surface area contributed by atoms with Gasteiger partial charge in [-0.2, -0.15) is 0 Å². The van der Waals surface area contributed by atoms with Crippen molar-refractivity contribution in [1.82, 2.24) is 0 Å². The smallest absolute Gasteiger partial charge is 0.0540 e. The van der Waals surface area contributed by atoms with Gasteiger partial charge in [0, 0.05) is 126 Å². The van der Waals surface area contributed by atoms with Crippen molar-refractivity contribution in [3.63, 3.8) is 0 Å². The first-order chi connectivity index (χ1) is 54.5. The third kappa shape index (κ3) is 10.8. The first kappa shape index (κ1) is 64.2. The SMILES string of the molecule is c1cc(-c2ccc3sc4ccccc4c3c2)cc(N(c2cccc(-c3ccc(-c4ccc5c(c4)sc4c(-c6ccccc6N(c6cccc(-c7cccc8ccccc78)c6)c6cccc(-c7cccc8sc9ccccc9c78)c6)cccc45)c4ccccc34)c2)c2ccccc2-c2cccc3c2sc2ccccc23)c1. The zero-order valence-corrected chi connectivity index (χ0v) is 62.7. The summed E-state index contributed by atoms with van der Waals surface area (Å²) in [4.78, 5) is 4.98. The number of hydrogen-bond acceptors (Lipinski definition) is 6. The molecule has 0 amide bonds. The van der Waals surface area contributed by atoms with E-state index < -0.39 is 0 Å². The highest BCUT2D eigenvalue weighted by Gasteiger charge is 2.25. The fraction of sp³-hybridized carbons (Fsp3) is 0. The Labute approximate surface area is 652 Å². The molecule has 0 spiro atoms. The van der Waals surface area contributed by atoms with Gasteiger partial charge in [0.2, 0.25) is 0 Å². The van der Waals surface area contributed by atoms with Gasteiger partial charge in [-0.1, -0.05) is 285 Å². The lowest BCUT2D eigenvalue weighted by atomic mass is 9.91. The Morgan fingerprint density at radius 1 is 0.164 bits per heavy atom. The van der Waals surface area contributed by atoms with Crippen LogP contribution >= 0.6 is 45.3 Å². The molecule has 22 aromatic rings. The molecule has 514 valence electrons. The molecule has 0 aliphatic carbocycles. The second kappa shape index (κ2) is 26.4. The van der Waals surface area contributed by atoms with E-state index >= 15 is 0 Å². The summed E-state index contributed by atoms with van der Waals surface area (Å²) in [5.74, 6) is 0. The number of fused-ring (bicyclic) bond motifs is 14. The van der Waals surface area contributed by atoms with Gasteiger partial charge in [-0.3, -0.25) is 0 Å². The molecule has 0 N–H and O–H groups in total. The average Bonchev–Trinajstić information content (AvgIpc) is 1.48. The van der Waals surface area contributed by atoms with E-state index in [0.717, 1.165) is 45.3 Å². The molecule has 110 heavy (non-hydrogen) atoms. The monoisotopic (exact) mass is 1470 g/mol. The molecule has 22 rings (SSSR count). The van der Waals surface area contributed by atoms with Crippen molar-refractivity contribution >= 4 is 182 Å². The Hall–Kier alpha value is -13.0. The fourth-order valence-electron chi connectivity index (χ4n) is 17.2. The number of anilines is 6. The minimum Gasteiger partial charge on any atom is -0.310 e. The molecule has 0 aliphatic rings. The van der Waals surface area contributed by atoms with Gasteiger partial charge in [0.25, 0.3) is 0 Å². The molecule has 0 unspecified atom stereocenters. The maximum atomic E-state index is 2.49. The van der Waals surface area contributed by atoms with Crippen LogP contribution in [0.5, 0.6) is 0 Å². The molecule has 6 heteroatoms. The van der Waals surface area contributed by atoms with E-state index in [9.17, 15) is 0 Å². The van der Waals surface area contributed by atoms with Crippen LogP contribution in [0.1, 0.15) is 0 Å². The molecule has 2 nitrogen and oxygen atoms in total. The van der Waals surface area contributed by atoms with E-state index in [2.05, 4.69) is 398 Å². The second-order valence-corrected chi connectivity index (χ2v) is 32.8. The van der Waals surface area contributed by atoms with Crippen LogP contribution in [0.15, 0.2) is 388 Å². The highest BCUT2D eigenvalue weighted by Crippen LogP contribution is 2.52. The molecular formula is C104H64N2S4. The molecular weight excluding hydrogens is 1410 g/mol. The van der Waals surface area contributed by atoms with Crippen LogP contribution in [-0.2, 0) is 0 Å². The van der Waals surface area contributed by atoms with E-state index in [4.69, 9.17) is 0 Å². The van der Waals surface area contributed by atoms with Crippen molar-refractivity contribution in [1.29, 1.82) is 0 Å². The van der Waals surface area contributed by atoms with Gasteiger partial charge in [0.15, 0.2) is 0 Å². The van der Waals surface area contributed by atoms with E-state index in [1.807, 2.05) is 45.3 Å². The molecule has 4 aromatic heterocycles. The summed E-state index contributed by atoms with van der Waals surface area (Å²) in [6.45, 7) is 0. The minimum absolute atomic E-state index is 1.07. The molecule has 18 aromatic carbocycles. The topological polar surface area (TPSA) is 6.48 Å². The Kier molecular flexibility index (Phi) is 15.4. The molecule has 0 atom stereocenters. The number of nitrogens with zero attached hydrogens (tertiary/aromatic N) is 2. The average molecular weight is 1470 g/mol. The van der Waals surface area contributed by atoms with Crippen molar-refractivity contribution in [2.45, 2.75) is 0 Å². The summed E-state index contributed by atoms with van der Waals surface area (Å²) in [7, 11) is 0. The van der Waals surface area contributed by atoms with Crippen molar-refractivity contribution in [3.05, 3.63) is 388 Å². The summed E-state index contributed by atoms with van der Waals surface area (Å²) in [5, 5.41) is 15.1. The number of para-hydroxylation sites is 2. The van der Waals surface area contributed by atoms with Crippen LogP contribution in [0, 0.1) is 0 Å². The van der Waals surface area contributed by atoms with Crippen LogP contribution in [0.2, 0.25) is 0 Å². The number of thiophene rings is 4. The largest absolute Gasteiger partial charge is 0.310 e. The summed E-state index contributed by atoms with van der Waals surface area (Å²) < 4.78 is 10.3. The zero-order chi connectivity index (χ0) is 72.3. The quantitative estimate of drug-likeness (QED) is 0.114. The fourth-order valence-corrected chi connectivity index (χ4v) is 22.0. The predicted octanol–water partition coefficient (Wildman–Crippen LogP) is 32.1. The van der Waals surface area contributed by atoms with Crippen LogP contribution in [0.25, 0.3) is 180 Å². The van der Waals surface area contributed by atoms with Gasteiger partial charge >= 0.3 is 0 Å². The third-order valence-corrected chi connectivity index (χ3v) is 27.0. The third-order valence-electron chi connectivity index (χ3n) is 22.3. The lowest BCUT2D eigenvalue weighted by Gasteiger charge is -2.29. The standard InChI is InChI=1S/C104H64N2S4/c1-2-33-76-65(23-1)24-19-41-77(76)68-26-16-30-73(60-68)106(75-32-18-28-70(62-75)80-42-22-52-100-102(80)92-40-9-14-51-98(92)108-100)95-48-11-6-37-84(95)89-44-21-46-91-87-55-53-71(64-101(87)110-104(89)91)79-57-56-78(81-34-3-4-35-82(79)81)69-27-17-31-74(61-69)105(72-29-15-25-66(59-72)67-54-58-99-93(63-67)86-39-8-12-49-96(86)107-99)94-47-10-5-36-83(94)88-43-20-45-90-85-38-7-13-50-97(85)109-103(88)90/h1-64H. The molecule has 0 saturated carbocycles. The summed E-state index contributed by atoms with van der Waals surface area (Å²) in [5.41, 5.74) is 23.2. The molecule has 0 bridgehead atoms. The van der Waals surface area contributed by atoms with Gasteiger partial charge < -0.3 is 9.80 Å². The lowest BCUT2D eigenvalue weighted by Crippen LogP contribution is -2.11. The Morgan fingerprint density at radius 2 is 0.518 bits per heavy atom. The van der Waals surface area contributed by atoms with E-state index in [1.165, 1.54) is 169 Å². The second-order valence-electron chi connectivity index (χ2n) is 28.5. The van der Waals surface area contributed by atoms with E-state index in [1.54, 1.807) is 0 Å². The van der Waals surface area contributed by atoms with E-state index in [-0.39, 0.29) is 0 Å². The van der Waals surface area contributed by atoms with Crippen LogP contribution in [0.4, 0.5) is 34.1 Å². The molecule has 0 aliphatic heterocycles. The predicted molar refractivity (Wildman–Crippen MR) is 480 cm³/mol. The first-order valence-electron chi connectivity index (χ1n) is 37.4. The lowest BCUT2D eigenvalue weighted by molar-refractivity contribution is 1.28. The summed E-state index contributed by atoms with van der Waals surface area (Å²) in [6, 6.07) is 145. The number of rotatable bonds is 13. The molecule has 4 heterocycles. The Balaban J connectivity index is 0.654. The number of benzene rings is 18. The summed E-state index contributed by atoms with van der Waals surface area (Å²) in [6.07, 6.45) is 0. The van der Waals surface area contributed by atoms with Crippen LogP contribution < -0.4 is 9.80 Å². The van der Waals surface area contributed by atoms with Gasteiger partial charge in [-0.05, 0) is 180 Å². The molecule has 0 saturated heterocycles. The highest BCUT2D eigenvalue weighted by molar-refractivity contribution is 7.27. The molecule has 0 fully saturated rings. The summed E-state index contributed by atoms with van der Waals surface area (Å²) >= 11 is 7.50. The first-order valence-corrected chi connectivity index (χ1v) is 40.7. The van der Waals surface area contributed by atoms with Gasteiger partial charge in [0.1, 0.15) is 0 Å². The number of hydrogen-bond donors (Lipinski definition) is 0. The van der Waals surface area contributed by atoms with Crippen molar-refractivity contribution in [2.75, 3.05) is 9.80 Å². The maximum absolute atomic E-state index is 2.49. The Morgan fingerprint density at radius 3 is 1.15 bits per heavy atom. The van der Waals surface area contributed by atoms with Gasteiger partial charge in [-0.25, -0.2) is 0 Å². The zero-order valence-electron chi connectivity index (χ0n) is 59.5. The van der Waals surface area contributed by atoms with Gasteiger partial charge in [-0.15, -0.1) is 45.3 Å². The van der Waals surface area contributed by atoms with Gasteiger partial charge in [0.05, 0.1) is 11.4 Å². The maximum Gasteiger partial charge on any atom is 0.0540 e. The minimum atomic E-state index is 1.07. The van der Waals surface area contributed by atoms with Crippen molar-refractivity contribution in [2.24, 2.45) is 0 Å². The van der Waals surface area contributed by atoms with Crippen molar-refractivity contribution in [3.8, 4) is 77.9 Å². The van der Waals surface area contributed by atoms with Crippen LogP contribution in [0.3, 0.4) is 0 Å². The molecule has 0 radical (unpaired) electrons. The van der Waals surface area contributed by atoms with E-state index in [0.29, 0.717) is 0 Å². The normalized spacial score (nSPS) is 11.8.